The second kappa shape index (κ2) is 7.92. The zero-order chi connectivity index (χ0) is 18.2. The van der Waals surface area contributed by atoms with Crippen LogP contribution < -0.4 is 10.9 Å². The summed E-state index contributed by atoms with van der Waals surface area (Å²) in [4.78, 5) is 42.3. The lowest BCUT2D eigenvalue weighted by Gasteiger charge is -2.33. The van der Waals surface area contributed by atoms with Crippen LogP contribution in [0.25, 0.3) is 0 Å². The molecule has 1 unspecified atom stereocenters. The predicted octanol–water partition coefficient (Wildman–Crippen LogP) is 2.02. The molecule has 3 rings (SSSR count). The lowest BCUT2D eigenvalue weighted by Crippen LogP contribution is -2.44. The van der Waals surface area contributed by atoms with Crippen LogP contribution in [-0.4, -0.2) is 48.3 Å². The fourth-order valence-corrected chi connectivity index (χ4v) is 4.06. The predicted molar refractivity (Wildman–Crippen MR) is 103 cm³/mol. The molecule has 1 amide bonds. The van der Waals surface area contributed by atoms with E-state index in [2.05, 4.69) is 10.3 Å². The van der Waals surface area contributed by atoms with Crippen molar-refractivity contribution >= 4 is 24.1 Å². The maximum absolute atomic E-state index is 12.9. The molecule has 1 atom stereocenters. The number of piperidine rings is 1. The second-order valence-corrected chi connectivity index (χ2v) is 8.16. The van der Waals surface area contributed by atoms with Gasteiger partial charge in [-0.2, -0.15) is 0 Å². The van der Waals surface area contributed by atoms with E-state index in [1.165, 1.54) is 6.07 Å². The number of H-pyrrole nitrogens is 1. The van der Waals surface area contributed by atoms with Crippen molar-refractivity contribution in [2.24, 2.45) is 11.3 Å². The lowest BCUT2D eigenvalue weighted by molar-refractivity contribution is 0.0672. The van der Waals surface area contributed by atoms with Crippen LogP contribution in [0.15, 0.2) is 10.9 Å². The normalized spacial score (nSPS) is 21.7. The zero-order valence-electron chi connectivity index (χ0n) is 15.7. The maximum atomic E-state index is 12.9. The molecule has 2 heterocycles. The Hall–Kier alpha value is -1.66. The zero-order valence-corrected chi connectivity index (χ0v) is 16.5. The van der Waals surface area contributed by atoms with E-state index >= 15 is 0 Å². The molecule has 1 aliphatic heterocycles. The number of aromatic nitrogens is 1. The van der Waals surface area contributed by atoms with E-state index < -0.39 is 0 Å². The van der Waals surface area contributed by atoms with Crippen LogP contribution in [0.3, 0.4) is 0 Å². The Morgan fingerprint density at radius 3 is 2.77 bits per heavy atom. The summed E-state index contributed by atoms with van der Waals surface area (Å²) in [7, 11) is 1.90. The number of ketones is 1. The minimum atomic E-state index is -0.384. The minimum absolute atomic E-state index is 0. The molecule has 7 heteroatoms. The summed E-state index contributed by atoms with van der Waals surface area (Å²) < 4.78 is 0. The number of hydrogen-bond donors (Lipinski definition) is 2. The molecular formula is C19H28ClN3O3. The summed E-state index contributed by atoms with van der Waals surface area (Å²) in [6.07, 6.45) is 3.10. The first-order chi connectivity index (χ1) is 11.8. The maximum Gasteiger partial charge on any atom is 0.261 e. The SMILES string of the molecule is CNCC1CCCN(C(=O)c2cc3c([nH]c2=O)CC(C)(C)CC3=O)C1.Cl. The number of nitrogens with zero attached hydrogens (tertiary/aromatic N) is 1. The molecular weight excluding hydrogens is 354 g/mol. The highest BCUT2D eigenvalue weighted by molar-refractivity contribution is 6.02. The number of carbonyl (C=O) groups is 2. The first-order valence-electron chi connectivity index (χ1n) is 9.04. The largest absolute Gasteiger partial charge is 0.338 e. The van der Waals surface area contributed by atoms with Gasteiger partial charge >= 0.3 is 0 Å². The number of amides is 1. The van der Waals surface area contributed by atoms with Gasteiger partial charge in [-0.25, -0.2) is 0 Å². The summed E-state index contributed by atoms with van der Waals surface area (Å²) in [5, 5.41) is 3.15. The van der Waals surface area contributed by atoms with Gasteiger partial charge in [0, 0.05) is 30.8 Å². The Morgan fingerprint density at radius 2 is 2.08 bits per heavy atom. The number of Topliss-reactive ketones (excluding diaryl/α,β-unsaturated/α-hetero) is 1. The van der Waals surface area contributed by atoms with Gasteiger partial charge in [0.05, 0.1) is 0 Å². The molecule has 0 radical (unpaired) electrons. The van der Waals surface area contributed by atoms with E-state index in [4.69, 9.17) is 0 Å². The molecule has 0 saturated carbocycles. The smallest absolute Gasteiger partial charge is 0.261 e. The first-order valence-corrected chi connectivity index (χ1v) is 9.04. The van der Waals surface area contributed by atoms with Gasteiger partial charge in [0.15, 0.2) is 5.78 Å². The van der Waals surface area contributed by atoms with Crippen LogP contribution in [0.1, 0.15) is 59.5 Å². The summed E-state index contributed by atoms with van der Waals surface area (Å²) in [5.41, 5.74) is 0.716. The molecule has 0 spiro atoms. The standard InChI is InChI=1S/C19H27N3O3.ClH/c1-19(2)8-15-13(16(23)9-19)7-14(17(24)21-15)18(25)22-6-4-5-12(11-22)10-20-3;/h7,12,20H,4-6,8-11H2,1-3H3,(H,21,24);1H. The van der Waals surface area contributed by atoms with Crippen LogP contribution in [0.2, 0.25) is 0 Å². The summed E-state index contributed by atoms with van der Waals surface area (Å²) in [5.74, 6) is 0.146. The van der Waals surface area contributed by atoms with E-state index in [1.807, 2.05) is 20.9 Å². The van der Waals surface area contributed by atoms with Crippen LogP contribution in [0.4, 0.5) is 0 Å². The number of halogens is 1. The van der Waals surface area contributed by atoms with Crippen LogP contribution in [-0.2, 0) is 6.42 Å². The number of rotatable bonds is 3. The van der Waals surface area contributed by atoms with Crippen LogP contribution in [0, 0.1) is 11.3 Å². The van der Waals surface area contributed by atoms with Gasteiger partial charge in [-0.1, -0.05) is 13.8 Å². The van der Waals surface area contributed by atoms with Gasteiger partial charge in [0.1, 0.15) is 5.56 Å². The molecule has 6 nitrogen and oxygen atoms in total. The number of likely N-dealkylation sites (tertiary alicyclic amines) is 1. The van der Waals surface area contributed by atoms with Gasteiger partial charge in [-0.3, -0.25) is 14.4 Å². The first kappa shape index (κ1) is 20.6. The van der Waals surface area contributed by atoms with Crippen molar-refractivity contribution in [2.75, 3.05) is 26.7 Å². The highest BCUT2D eigenvalue weighted by Crippen LogP contribution is 2.33. The van der Waals surface area contributed by atoms with Crippen LogP contribution in [0.5, 0.6) is 0 Å². The Morgan fingerprint density at radius 1 is 1.35 bits per heavy atom. The highest BCUT2D eigenvalue weighted by Gasteiger charge is 2.33. The van der Waals surface area contributed by atoms with Gasteiger partial charge in [-0.05, 0) is 50.3 Å². The molecule has 1 fully saturated rings. The van der Waals surface area contributed by atoms with Crippen molar-refractivity contribution in [1.82, 2.24) is 15.2 Å². The third kappa shape index (κ3) is 4.18. The molecule has 2 N–H and O–H groups in total. The number of carbonyl (C=O) groups excluding carboxylic acids is 2. The van der Waals surface area contributed by atoms with Gasteiger partial charge < -0.3 is 15.2 Å². The molecule has 1 aromatic rings. The second-order valence-electron chi connectivity index (χ2n) is 8.16. The Labute approximate surface area is 160 Å². The highest BCUT2D eigenvalue weighted by atomic mass is 35.5. The molecule has 1 aromatic heterocycles. The molecule has 0 bridgehead atoms. The molecule has 26 heavy (non-hydrogen) atoms. The summed E-state index contributed by atoms with van der Waals surface area (Å²) >= 11 is 0. The van der Waals surface area contributed by atoms with Crippen molar-refractivity contribution in [3.63, 3.8) is 0 Å². The Balaban J connectivity index is 0.00000243. The van der Waals surface area contributed by atoms with E-state index in [0.717, 1.165) is 19.4 Å². The molecule has 2 aliphatic rings. The molecule has 1 aliphatic carbocycles. The summed E-state index contributed by atoms with van der Waals surface area (Å²) in [6, 6.07) is 1.52. The number of fused-ring (bicyclic) bond motifs is 1. The Kier molecular flexibility index (Phi) is 6.29. The quantitative estimate of drug-likeness (QED) is 0.839. The third-order valence-corrected chi connectivity index (χ3v) is 5.25. The fraction of sp³-hybridized carbons (Fsp3) is 0.632. The van der Waals surface area contributed by atoms with Gasteiger partial charge in [0.25, 0.3) is 11.5 Å². The van der Waals surface area contributed by atoms with Gasteiger partial charge in [-0.15, -0.1) is 12.4 Å². The number of aromatic amines is 1. The van der Waals surface area contributed by atoms with Crippen molar-refractivity contribution in [3.8, 4) is 0 Å². The third-order valence-electron chi connectivity index (χ3n) is 5.25. The number of hydrogen-bond acceptors (Lipinski definition) is 4. The molecule has 0 aromatic carbocycles. The Bertz CT molecular complexity index is 755. The van der Waals surface area contributed by atoms with Gasteiger partial charge in [0.2, 0.25) is 0 Å². The molecule has 1 saturated heterocycles. The fourth-order valence-electron chi connectivity index (χ4n) is 4.06. The van der Waals surface area contributed by atoms with Crippen molar-refractivity contribution in [3.05, 3.63) is 33.2 Å². The summed E-state index contributed by atoms with van der Waals surface area (Å²) in [6.45, 7) is 6.20. The van der Waals surface area contributed by atoms with E-state index in [9.17, 15) is 14.4 Å². The van der Waals surface area contributed by atoms with Crippen molar-refractivity contribution in [1.29, 1.82) is 0 Å². The average Bonchev–Trinajstić information content (AvgIpc) is 2.53. The lowest BCUT2D eigenvalue weighted by atomic mass is 9.75. The molecule has 144 valence electrons. The number of nitrogens with one attached hydrogen (secondary N) is 2. The van der Waals surface area contributed by atoms with E-state index in [0.29, 0.717) is 43.1 Å². The number of pyridine rings is 1. The van der Waals surface area contributed by atoms with Crippen molar-refractivity contribution in [2.45, 2.75) is 39.5 Å². The van der Waals surface area contributed by atoms with E-state index in [-0.39, 0.29) is 40.6 Å². The van der Waals surface area contributed by atoms with Crippen LogP contribution >= 0.6 is 12.4 Å². The van der Waals surface area contributed by atoms with E-state index in [1.54, 1.807) is 4.90 Å². The monoisotopic (exact) mass is 381 g/mol. The minimum Gasteiger partial charge on any atom is -0.338 e. The van der Waals surface area contributed by atoms with Crippen molar-refractivity contribution < 1.29 is 9.59 Å². The topological polar surface area (TPSA) is 82.3 Å². The average molecular weight is 382 g/mol.